The average Bonchev–Trinajstić information content (AvgIpc) is 2.56. The van der Waals surface area contributed by atoms with E-state index in [9.17, 15) is 0 Å². The van der Waals surface area contributed by atoms with Crippen molar-refractivity contribution in [2.75, 3.05) is 31.2 Å². The van der Waals surface area contributed by atoms with Crippen LogP contribution in [0.1, 0.15) is 13.8 Å². The lowest BCUT2D eigenvalue weighted by Gasteiger charge is -2.38. The van der Waals surface area contributed by atoms with Crippen LogP contribution in [0.2, 0.25) is 0 Å². The van der Waals surface area contributed by atoms with E-state index in [1.807, 2.05) is 30.1 Å². The summed E-state index contributed by atoms with van der Waals surface area (Å²) in [4.78, 5) is 12.1. The zero-order chi connectivity index (χ0) is 16.0. The number of aliphatic imine (C=N–C) groups is 2. The van der Waals surface area contributed by atoms with Crippen LogP contribution in [0.5, 0.6) is 0 Å². The Labute approximate surface area is 144 Å². The molecule has 3 heterocycles. The van der Waals surface area contributed by atoms with Gasteiger partial charge in [-0.15, -0.1) is 0 Å². The highest BCUT2D eigenvalue weighted by molar-refractivity contribution is 9.10. The molecule has 0 bridgehead atoms. The quantitative estimate of drug-likeness (QED) is 0.758. The van der Waals surface area contributed by atoms with Crippen LogP contribution in [0.25, 0.3) is 0 Å². The first-order valence-corrected chi connectivity index (χ1v) is 8.70. The average molecular weight is 375 g/mol. The van der Waals surface area contributed by atoms with E-state index in [0.29, 0.717) is 0 Å². The molecular weight excluding hydrogens is 356 g/mol. The van der Waals surface area contributed by atoms with Gasteiger partial charge in [0.25, 0.3) is 0 Å². The van der Waals surface area contributed by atoms with Gasteiger partial charge in [-0.1, -0.05) is 15.9 Å². The van der Waals surface area contributed by atoms with Crippen LogP contribution in [-0.2, 0) is 0 Å². The minimum Gasteiger partial charge on any atom is -0.351 e. The molecule has 0 aliphatic carbocycles. The van der Waals surface area contributed by atoms with E-state index < -0.39 is 0 Å². The Morgan fingerprint density at radius 2 is 2.00 bits per heavy atom. The summed E-state index contributed by atoms with van der Waals surface area (Å²) in [6.07, 6.45) is 0. The summed E-state index contributed by atoms with van der Waals surface area (Å²) < 4.78 is 1.02. The van der Waals surface area contributed by atoms with Gasteiger partial charge in [0.15, 0.2) is 11.7 Å². The second-order valence-electron chi connectivity index (χ2n) is 5.99. The third kappa shape index (κ3) is 2.57. The van der Waals surface area contributed by atoms with Crippen LogP contribution in [0.15, 0.2) is 37.8 Å². The fourth-order valence-electron chi connectivity index (χ4n) is 2.96. The minimum atomic E-state index is 0.0892. The summed E-state index contributed by atoms with van der Waals surface area (Å²) in [5.74, 6) is 1.79. The van der Waals surface area contributed by atoms with Crippen molar-refractivity contribution in [3.63, 3.8) is 0 Å². The van der Waals surface area contributed by atoms with Gasteiger partial charge in [0.1, 0.15) is 0 Å². The number of hydrogen-bond donors (Lipinski definition) is 1. The van der Waals surface area contributed by atoms with Gasteiger partial charge in [-0.3, -0.25) is 4.99 Å². The number of fused-ring (bicyclic) bond motifs is 3. The third-order valence-electron chi connectivity index (χ3n) is 4.39. The molecule has 3 aliphatic heterocycles. The summed E-state index contributed by atoms with van der Waals surface area (Å²) in [5.41, 5.74) is 2.93. The lowest BCUT2D eigenvalue weighted by atomic mass is 10.1. The number of nitrogens with zero attached hydrogens (tertiary/aromatic N) is 5. The minimum absolute atomic E-state index is 0.0892. The van der Waals surface area contributed by atoms with Crippen LogP contribution >= 0.6 is 15.9 Å². The summed E-state index contributed by atoms with van der Waals surface area (Å²) in [7, 11) is 0. The van der Waals surface area contributed by atoms with Crippen LogP contribution in [-0.4, -0.2) is 54.5 Å². The Balaban J connectivity index is 1.85. The summed E-state index contributed by atoms with van der Waals surface area (Å²) >= 11 is 3.54. The maximum Gasteiger partial charge on any atom is 0.193 e. The molecule has 7 heteroatoms. The Morgan fingerprint density at radius 1 is 1.22 bits per heavy atom. The second-order valence-corrected chi connectivity index (χ2v) is 6.90. The Bertz CT molecular complexity index is 732. The Kier molecular flexibility index (Phi) is 3.69. The van der Waals surface area contributed by atoms with Gasteiger partial charge in [0, 0.05) is 30.7 Å². The van der Waals surface area contributed by atoms with Crippen molar-refractivity contribution in [3.8, 4) is 0 Å². The molecule has 0 spiro atoms. The third-order valence-corrected chi connectivity index (χ3v) is 4.88. The van der Waals surface area contributed by atoms with Crippen LogP contribution < -0.4 is 10.3 Å². The van der Waals surface area contributed by atoms with Gasteiger partial charge in [0.05, 0.1) is 23.1 Å². The first-order chi connectivity index (χ1) is 11.1. The van der Waals surface area contributed by atoms with Gasteiger partial charge in [-0.2, -0.15) is 5.10 Å². The standard InChI is InChI=1S/C16H19BrN6/c1-10-11(2)21-23-14-4-3-12(17)9-13(14)20-15(16(23)19-10)22-7-5-18-6-8-22/h3-4,9-10,18H,5-8H2,1-2H3. The molecule has 0 saturated carbocycles. The number of nitrogens with one attached hydrogen (secondary N) is 1. The molecule has 0 aromatic heterocycles. The van der Waals surface area contributed by atoms with Gasteiger partial charge in [-0.05, 0) is 32.0 Å². The smallest absolute Gasteiger partial charge is 0.193 e. The molecule has 1 fully saturated rings. The number of piperazine rings is 1. The molecule has 23 heavy (non-hydrogen) atoms. The van der Waals surface area contributed by atoms with Gasteiger partial charge in [-0.25, -0.2) is 10.0 Å². The van der Waals surface area contributed by atoms with Gasteiger partial charge in [0.2, 0.25) is 0 Å². The van der Waals surface area contributed by atoms with E-state index in [1.54, 1.807) is 0 Å². The van der Waals surface area contributed by atoms with Crippen molar-refractivity contribution in [1.82, 2.24) is 10.2 Å². The van der Waals surface area contributed by atoms with Crippen molar-refractivity contribution in [3.05, 3.63) is 22.7 Å². The molecule has 0 amide bonds. The van der Waals surface area contributed by atoms with E-state index in [4.69, 9.17) is 15.1 Å². The predicted molar refractivity (Wildman–Crippen MR) is 98.2 cm³/mol. The molecule has 1 atom stereocenters. The monoisotopic (exact) mass is 374 g/mol. The first-order valence-electron chi connectivity index (χ1n) is 7.91. The molecule has 3 aliphatic rings. The highest BCUT2D eigenvalue weighted by Gasteiger charge is 2.33. The van der Waals surface area contributed by atoms with Crippen molar-refractivity contribution in [2.45, 2.75) is 19.9 Å². The van der Waals surface area contributed by atoms with E-state index >= 15 is 0 Å². The van der Waals surface area contributed by atoms with Crippen LogP contribution in [0.3, 0.4) is 0 Å². The normalized spacial score (nSPS) is 23.6. The molecule has 0 radical (unpaired) electrons. The Morgan fingerprint density at radius 3 is 2.78 bits per heavy atom. The zero-order valence-corrected chi connectivity index (χ0v) is 14.8. The maximum atomic E-state index is 4.92. The molecule has 1 saturated heterocycles. The molecule has 1 aromatic rings. The highest BCUT2D eigenvalue weighted by atomic mass is 79.9. The number of halogens is 1. The fourth-order valence-corrected chi connectivity index (χ4v) is 3.31. The van der Waals surface area contributed by atoms with Crippen LogP contribution in [0.4, 0.5) is 11.4 Å². The Hall–Kier alpha value is -1.73. The molecule has 4 rings (SSSR count). The van der Waals surface area contributed by atoms with Crippen molar-refractivity contribution < 1.29 is 0 Å². The molecule has 1 unspecified atom stereocenters. The van der Waals surface area contributed by atoms with E-state index in [1.165, 1.54) is 0 Å². The van der Waals surface area contributed by atoms with E-state index in [-0.39, 0.29) is 6.04 Å². The summed E-state index contributed by atoms with van der Waals surface area (Å²) in [6.45, 7) is 7.92. The SMILES string of the molecule is CC1=NN2C(=NC1C)C(N1CCNCC1)=Nc1cc(Br)ccc12. The summed E-state index contributed by atoms with van der Waals surface area (Å²) in [6, 6.07) is 6.19. The van der Waals surface area contributed by atoms with Crippen molar-refractivity contribution in [1.29, 1.82) is 0 Å². The van der Waals surface area contributed by atoms with E-state index in [2.05, 4.69) is 33.1 Å². The van der Waals surface area contributed by atoms with Gasteiger partial charge >= 0.3 is 0 Å². The number of anilines is 1. The number of benzene rings is 1. The lowest BCUT2D eigenvalue weighted by molar-refractivity contribution is 0.360. The molecule has 120 valence electrons. The number of rotatable bonds is 0. The largest absolute Gasteiger partial charge is 0.351 e. The number of hydrogen-bond acceptors (Lipinski definition) is 6. The highest BCUT2D eigenvalue weighted by Crippen LogP contribution is 2.37. The number of hydrazone groups is 1. The van der Waals surface area contributed by atoms with E-state index in [0.717, 1.165) is 59.4 Å². The molecule has 1 aromatic carbocycles. The van der Waals surface area contributed by atoms with Crippen molar-refractivity contribution in [2.24, 2.45) is 15.1 Å². The van der Waals surface area contributed by atoms with Gasteiger partial charge < -0.3 is 10.2 Å². The topological polar surface area (TPSA) is 55.6 Å². The molecule has 6 nitrogen and oxygen atoms in total. The predicted octanol–water partition coefficient (Wildman–Crippen LogP) is 2.38. The maximum absolute atomic E-state index is 4.92. The van der Waals surface area contributed by atoms with Crippen molar-refractivity contribution >= 4 is 44.7 Å². The summed E-state index contributed by atoms with van der Waals surface area (Å²) in [5, 5.41) is 10.1. The fraction of sp³-hybridized carbons (Fsp3) is 0.438. The zero-order valence-electron chi connectivity index (χ0n) is 13.3. The number of amidine groups is 2. The van der Waals surface area contributed by atoms with Crippen LogP contribution in [0, 0.1) is 0 Å². The lowest BCUT2D eigenvalue weighted by Crippen LogP contribution is -2.53. The second kappa shape index (κ2) is 5.72. The molecule has 1 N–H and O–H groups in total. The first kappa shape index (κ1) is 14.8. The molecular formula is C16H19BrN6.